The highest BCUT2D eigenvalue weighted by Crippen LogP contribution is 2.54. The summed E-state index contributed by atoms with van der Waals surface area (Å²) >= 11 is 0. The van der Waals surface area contributed by atoms with Gasteiger partial charge in [-0.15, -0.1) is 0 Å². The third-order valence-corrected chi connectivity index (χ3v) is 3.87. The monoisotopic (exact) mass is 200 g/mol. The summed E-state index contributed by atoms with van der Waals surface area (Å²) in [7, 11) is 0. The highest BCUT2D eigenvalue weighted by Gasteiger charge is 2.49. The highest BCUT2D eigenvalue weighted by atomic mass is 16.5. The van der Waals surface area contributed by atoms with Gasteiger partial charge in [0, 0.05) is 0 Å². The van der Waals surface area contributed by atoms with Gasteiger partial charge in [-0.05, 0) is 23.1 Å². The van der Waals surface area contributed by atoms with Crippen molar-refractivity contribution in [1.29, 1.82) is 0 Å². The van der Waals surface area contributed by atoms with E-state index in [-0.39, 0.29) is 11.7 Å². The van der Waals surface area contributed by atoms with Crippen molar-refractivity contribution in [1.82, 2.24) is 0 Å². The van der Waals surface area contributed by atoms with Crippen LogP contribution in [0.3, 0.4) is 0 Å². The SMILES string of the molecule is CCC(C)C12C=CC(O1)c1ccccc12. The fourth-order valence-electron chi connectivity index (χ4n) is 2.79. The van der Waals surface area contributed by atoms with Crippen molar-refractivity contribution in [2.45, 2.75) is 32.0 Å². The number of hydrogen-bond acceptors (Lipinski definition) is 1. The third-order valence-electron chi connectivity index (χ3n) is 3.87. The van der Waals surface area contributed by atoms with E-state index in [4.69, 9.17) is 4.74 Å². The average Bonchev–Trinajstić information content (AvgIpc) is 2.86. The second-order valence-electron chi connectivity index (χ2n) is 4.59. The number of ether oxygens (including phenoxy) is 1. The van der Waals surface area contributed by atoms with Gasteiger partial charge in [0.05, 0.1) is 0 Å². The van der Waals surface area contributed by atoms with Crippen LogP contribution in [-0.2, 0) is 10.3 Å². The van der Waals surface area contributed by atoms with Crippen LogP contribution in [0.15, 0.2) is 36.4 Å². The van der Waals surface area contributed by atoms with Gasteiger partial charge in [0.25, 0.3) is 0 Å². The van der Waals surface area contributed by atoms with Crippen molar-refractivity contribution in [2.75, 3.05) is 0 Å². The first-order valence-corrected chi connectivity index (χ1v) is 5.74. The Labute approximate surface area is 90.8 Å². The van der Waals surface area contributed by atoms with E-state index in [2.05, 4.69) is 50.3 Å². The Morgan fingerprint density at radius 3 is 3.00 bits per heavy atom. The maximum Gasteiger partial charge on any atom is 0.115 e. The molecule has 3 rings (SSSR count). The standard InChI is InChI=1S/C14H16O/c1-3-10(2)14-9-8-13(15-14)11-6-4-5-7-12(11)14/h4-10,13H,3H2,1-2H3. The van der Waals surface area contributed by atoms with Gasteiger partial charge in [0.2, 0.25) is 0 Å². The molecule has 0 amide bonds. The van der Waals surface area contributed by atoms with Crippen molar-refractivity contribution in [3.63, 3.8) is 0 Å². The van der Waals surface area contributed by atoms with E-state index in [1.54, 1.807) is 0 Å². The van der Waals surface area contributed by atoms with Gasteiger partial charge in [-0.25, -0.2) is 0 Å². The van der Waals surface area contributed by atoms with E-state index < -0.39 is 0 Å². The van der Waals surface area contributed by atoms with Crippen molar-refractivity contribution in [3.05, 3.63) is 47.5 Å². The smallest absolute Gasteiger partial charge is 0.115 e. The van der Waals surface area contributed by atoms with Crippen LogP contribution in [0.5, 0.6) is 0 Å². The van der Waals surface area contributed by atoms with Gasteiger partial charge in [-0.1, -0.05) is 50.6 Å². The lowest BCUT2D eigenvalue weighted by molar-refractivity contribution is -0.0410. The van der Waals surface area contributed by atoms with Crippen LogP contribution >= 0.6 is 0 Å². The van der Waals surface area contributed by atoms with Crippen molar-refractivity contribution < 1.29 is 4.74 Å². The lowest BCUT2D eigenvalue weighted by atomic mass is 9.78. The molecule has 2 heterocycles. The molecule has 2 bridgehead atoms. The minimum absolute atomic E-state index is 0.129. The molecule has 2 aliphatic heterocycles. The average molecular weight is 200 g/mol. The summed E-state index contributed by atoms with van der Waals surface area (Å²) < 4.78 is 6.17. The van der Waals surface area contributed by atoms with Crippen molar-refractivity contribution >= 4 is 0 Å². The summed E-state index contributed by atoms with van der Waals surface area (Å²) in [6, 6.07) is 8.61. The predicted octanol–water partition coefficient (Wildman–Crippen LogP) is 3.57. The molecule has 0 fully saturated rings. The van der Waals surface area contributed by atoms with Gasteiger partial charge < -0.3 is 4.74 Å². The molecule has 78 valence electrons. The van der Waals surface area contributed by atoms with E-state index >= 15 is 0 Å². The van der Waals surface area contributed by atoms with Gasteiger partial charge in [0.15, 0.2) is 0 Å². The molecule has 3 atom stereocenters. The summed E-state index contributed by atoms with van der Waals surface area (Å²) in [5, 5.41) is 0. The van der Waals surface area contributed by atoms with Gasteiger partial charge >= 0.3 is 0 Å². The Kier molecular flexibility index (Phi) is 1.81. The topological polar surface area (TPSA) is 9.23 Å². The van der Waals surface area contributed by atoms with Crippen LogP contribution in [0, 0.1) is 5.92 Å². The van der Waals surface area contributed by atoms with Crippen LogP contribution in [0.4, 0.5) is 0 Å². The first-order valence-electron chi connectivity index (χ1n) is 5.74. The Morgan fingerprint density at radius 2 is 2.20 bits per heavy atom. The van der Waals surface area contributed by atoms with Crippen LogP contribution < -0.4 is 0 Å². The quantitative estimate of drug-likeness (QED) is 0.663. The zero-order valence-electron chi connectivity index (χ0n) is 9.23. The maximum absolute atomic E-state index is 6.17. The van der Waals surface area contributed by atoms with Crippen molar-refractivity contribution in [2.24, 2.45) is 5.92 Å². The molecule has 0 radical (unpaired) electrons. The van der Waals surface area contributed by atoms with Gasteiger partial charge in [0.1, 0.15) is 11.7 Å². The zero-order valence-corrected chi connectivity index (χ0v) is 9.23. The molecule has 0 spiro atoms. The Bertz CT molecular complexity index is 421. The first kappa shape index (κ1) is 9.17. The molecule has 1 nitrogen and oxygen atoms in total. The summed E-state index contributed by atoms with van der Waals surface area (Å²) in [5.41, 5.74) is 2.61. The van der Waals surface area contributed by atoms with E-state index in [9.17, 15) is 0 Å². The molecule has 3 unspecified atom stereocenters. The van der Waals surface area contributed by atoms with E-state index in [1.807, 2.05) is 0 Å². The Hall–Kier alpha value is -1.08. The van der Waals surface area contributed by atoms with Gasteiger partial charge in [-0.2, -0.15) is 0 Å². The van der Waals surface area contributed by atoms with Gasteiger partial charge in [-0.3, -0.25) is 0 Å². The molecule has 0 aliphatic carbocycles. The Balaban J connectivity index is 2.16. The summed E-state index contributed by atoms with van der Waals surface area (Å²) in [5.74, 6) is 0.544. The first-order chi connectivity index (χ1) is 7.28. The van der Waals surface area contributed by atoms with Crippen molar-refractivity contribution in [3.8, 4) is 0 Å². The maximum atomic E-state index is 6.17. The molecule has 1 aromatic rings. The molecule has 2 aliphatic rings. The lowest BCUT2D eigenvalue weighted by Gasteiger charge is -2.30. The minimum atomic E-state index is -0.129. The molecular weight excluding hydrogens is 184 g/mol. The summed E-state index contributed by atoms with van der Waals surface area (Å²) in [6.07, 6.45) is 5.81. The summed E-state index contributed by atoms with van der Waals surface area (Å²) in [6.45, 7) is 4.50. The molecule has 1 heteroatoms. The molecule has 15 heavy (non-hydrogen) atoms. The predicted molar refractivity (Wildman–Crippen MR) is 60.5 cm³/mol. The fourth-order valence-corrected chi connectivity index (χ4v) is 2.79. The second-order valence-corrected chi connectivity index (χ2v) is 4.59. The Morgan fingerprint density at radius 1 is 1.40 bits per heavy atom. The second kappa shape index (κ2) is 2.96. The van der Waals surface area contributed by atoms with Crippen LogP contribution in [0.1, 0.15) is 37.5 Å². The van der Waals surface area contributed by atoms with E-state index in [0.717, 1.165) is 6.42 Å². The molecule has 0 saturated carbocycles. The van der Waals surface area contributed by atoms with E-state index in [1.165, 1.54) is 11.1 Å². The van der Waals surface area contributed by atoms with Crippen LogP contribution in [0.25, 0.3) is 0 Å². The zero-order chi connectivity index (χ0) is 10.5. The molecular formula is C14H16O. The fraction of sp³-hybridized carbons (Fsp3) is 0.429. The third kappa shape index (κ3) is 1.02. The minimum Gasteiger partial charge on any atom is -0.354 e. The normalized spacial score (nSPS) is 33.1. The lowest BCUT2D eigenvalue weighted by Crippen LogP contribution is -2.29. The van der Waals surface area contributed by atoms with E-state index in [0.29, 0.717) is 5.92 Å². The summed E-state index contributed by atoms with van der Waals surface area (Å²) in [4.78, 5) is 0. The number of rotatable bonds is 2. The molecule has 0 saturated heterocycles. The van der Waals surface area contributed by atoms with Crippen LogP contribution in [-0.4, -0.2) is 0 Å². The number of fused-ring (bicyclic) bond motifs is 5. The molecule has 0 aromatic heterocycles. The molecule has 1 aromatic carbocycles. The highest BCUT2D eigenvalue weighted by molar-refractivity contribution is 5.47. The number of benzene rings is 1. The largest absolute Gasteiger partial charge is 0.354 e. The molecule has 0 N–H and O–H groups in total. The number of hydrogen-bond donors (Lipinski definition) is 0. The van der Waals surface area contributed by atoms with Crippen LogP contribution in [0.2, 0.25) is 0 Å².